The average Bonchev–Trinajstić information content (AvgIpc) is 3.30. The third kappa shape index (κ3) is 4.47. The lowest BCUT2D eigenvalue weighted by atomic mass is 10.0. The van der Waals surface area contributed by atoms with Crippen LogP contribution in [-0.4, -0.2) is 36.6 Å². The first-order chi connectivity index (χ1) is 17.8. The van der Waals surface area contributed by atoms with Gasteiger partial charge in [0.25, 0.3) is 5.56 Å². The molecule has 0 aliphatic heterocycles. The van der Waals surface area contributed by atoms with Crippen LogP contribution in [0.5, 0.6) is 5.75 Å². The van der Waals surface area contributed by atoms with Gasteiger partial charge in [0.2, 0.25) is 5.91 Å². The van der Waals surface area contributed by atoms with Crippen LogP contribution >= 0.6 is 0 Å². The van der Waals surface area contributed by atoms with Gasteiger partial charge in [-0.3, -0.25) is 9.59 Å². The zero-order chi connectivity index (χ0) is 26.1. The number of aromatic amines is 2. The average molecular weight is 498 g/mol. The molecule has 0 radical (unpaired) electrons. The van der Waals surface area contributed by atoms with Gasteiger partial charge in [-0.2, -0.15) is 0 Å². The van der Waals surface area contributed by atoms with Gasteiger partial charge >= 0.3 is 11.7 Å². The van der Waals surface area contributed by atoms with Crippen molar-refractivity contribution in [2.45, 2.75) is 18.5 Å². The fourth-order valence-corrected chi connectivity index (χ4v) is 4.46. The molecule has 37 heavy (non-hydrogen) atoms. The molecular weight excluding hydrogens is 476 g/mol. The number of phenols is 1. The monoisotopic (exact) mass is 498 g/mol. The van der Waals surface area contributed by atoms with Crippen molar-refractivity contribution in [2.75, 3.05) is 0 Å². The van der Waals surface area contributed by atoms with Crippen molar-refractivity contribution in [3.8, 4) is 5.75 Å². The summed E-state index contributed by atoms with van der Waals surface area (Å²) in [6, 6.07) is 16.3. The molecule has 0 fully saturated rings. The molecule has 10 heteroatoms. The Labute approximate surface area is 208 Å². The van der Waals surface area contributed by atoms with E-state index >= 15 is 0 Å². The molecule has 0 saturated heterocycles. The Morgan fingerprint density at radius 2 is 1.54 bits per heavy atom. The Morgan fingerprint density at radius 3 is 2.24 bits per heavy atom. The second-order valence-corrected chi connectivity index (χ2v) is 8.60. The molecule has 5 aromatic rings. The number of aromatic hydroxyl groups is 1. The topological polar surface area (TPSA) is 157 Å². The standard InChI is InChI=1S/C27H22N4O6/c32-17-11-9-15(10-12-17)23(26(35)36)30-24(33)22(13-16-14-28-20-7-3-1-5-18(16)20)31-25(34)19-6-2-4-8-21(19)29-27(31)37/h1-12,14,22-23,28,32H,13H2,(H,29,37)(H,30,33)(H,35,36). The number of amides is 1. The van der Waals surface area contributed by atoms with Gasteiger partial charge in [-0.15, -0.1) is 0 Å². The van der Waals surface area contributed by atoms with Crippen LogP contribution in [0.3, 0.4) is 0 Å². The van der Waals surface area contributed by atoms with Crippen molar-refractivity contribution >= 4 is 33.7 Å². The van der Waals surface area contributed by atoms with Crippen LogP contribution in [0.2, 0.25) is 0 Å². The maximum absolute atomic E-state index is 13.7. The highest BCUT2D eigenvalue weighted by atomic mass is 16.4. The number of hydrogen-bond acceptors (Lipinski definition) is 5. The maximum Gasteiger partial charge on any atom is 0.330 e. The minimum absolute atomic E-state index is 0.0565. The number of carbonyl (C=O) groups is 2. The number of nitrogens with zero attached hydrogens (tertiary/aromatic N) is 1. The van der Waals surface area contributed by atoms with E-state index < -0.39 is 35.2 Å². The fraction of sp³-hybridized carbons (Fsp3) is 0.111. The first-order valence-corrected chi connectivity index (χ1v) is 11.4. The summed E-state index contributed by atoms with van der Waals surface area (Å²) in [6.45, 7) is 0. The first-order valence-electron chi connectivity index (χ1n) is 11.4. The number of aromatic nitrogens is 3. The number of H-pyrrole nitrogens is 2. The molecule has 0 aliphatic carbocycles. The minimum atomic E-state index is -1.48. The number of nitrogens with one attached hydrogen (secondary N) is 3. The van der Waals surface area contributed by atoms with Crippen LogP contribution in [0, 0.1) is 0 Å². The lowest BCUT2D eigenvalue weighted by Crippen LogP contribution is -2.47. The lowest BCUT2D eigenvalue weighted by molar-refractivity contribution is -0.142. The van der Waals surface area contributed by atoms with Crippen molar-refractivity contribution < 1.29 is 19.8 Å². The summed E-state index contributed by atoms with van der Waals surface area (Å²) in [6.07, 6.45) is 1.64. The number of carboxylic acids is 1. The number of benzene rings is 3. The molecule has 2 aromatic heterocycles. The Kier molecular flexibility index (Phi) is 6.06. The van der Waals surface area contributed by atoms with Crippen LogP contribution < -0.4 is 16.6 Å². The summed E-state index contributed by atoms with van der Waals surface area (Å²) in [4.78, 5) is 58.0. The number of phenolic OH excluding ortho intramolecular Hbond substituents is 1. The molecule has 5 rings (SSSR count). The predicted octanol–water partition coefficient (Wildman–Crippen LogP) is 2.60. The van der Waals surface area contributed by atoms with Gasteiger partial charge in [-0.25, -0.2) is 14.2 Å². The van der Waals surface area contributed by atoms with Crippen molar-refractivity contribution in [3.05, 3.63) is 111 Å². The largest absolute Gasteiger partial charge is 0.508 e. The van der Waals surface area contributed by atoms with Crippen LogP contribution in [-0.2, 0) is 16.0 Å². The summed E-state index contributed by atoms with van der Waals surface area (Å²) in [5, 5.41) is 22.9. The SMILES string of the molecule is O=C(O)C(NC(=O)C(Cc1c[nH]c2ccccc12)n1c(=O)[nH]c2ccccc2c1=O)c1ccc(O)cc1. The van der Waals surface area contributed by atoms with Crippen LogP contribution in [0.15, 0.2) is 88.6 Å². The molecule has 10 nitrogen and oxygen atoms in total. The molecule has 5 N–H and O–H groups in total. The van der Waals surface area contributed by atoms with E-state index in [9.17, 15) is 29.4 Å². The molecule has 3 aromatic carbocycles. The number of para-hydroxylation sites is 2. The van der Waals surface area contributed by atoms with Gasteiger partial charge in [-0.05, 0) is 41.5 Å². The van der Waals surface area contributed by atoms with Gasteiger partial charge in [0.15, 0.2) is 6.04 Å². The molecule has 186 valence electrons. The van der Waals surface area contributed by atoms with Crippen LogP contribution in [0.1, 0.15) is 23.2 Å². The smallest absolute Gasteiger partial charge is 0.330 e. The zero-order valence-corrected chi connectivity index (χ0v) is 19.3. The van der Waals surface area contributed by atoms with Gasteiger partial charge in [0.1, 0.15) is 11.8 Å². The molecule has 0 bridgehead atoms. The molecule has 0 aliphatic rings. The quantitative estimate of drug-likeness (QED) is 0.232. The maximum atomic E-state index is 13.7. The predicted molar refractivity (Wildman–Crippen MR) is 136 cm³/mol. The number of rotatable bonds is 7. The molecule has 2 heterocycles. The normalized spacial score (nSPS) is 12.9. The highest BCUT2D eigenvalue weighted by molar-refractivity contribution is 5.89. The van der Waals surface area contributed by atoms with Gasteiger partial charge in [-0.1, -0.05) is 42.5 Å². The van der Waals surface area contributed by atoms with Gasteiger partial charge in [0, 0.05) is 23.5 Å². The highest BCUT2D eigenvalue weighted by Crippen LogP contribution is 2.24. The molecule has 2 atom stereocenters. The third-order valence-corrected chi connectivity index (χ3v) is 6.30. The van der Waals surface area contributed by atoms with E-state index in [0.717, 1.165) is 15.5 Å². The van der Waals surface area contributed by atoms with E-state index in [4.69, 9.17) is 0 Å². The molecular formula is C27H22N4O6. The van der Waals surface area contributed by atoms with E-state index in [1.54, 1.807) is 30.5 Å². The Bertz CT molecular complexity index is 1750. The Morgan fingerprint density at radius 1 is 0.892 bits per heavy atom. The fourth-order valence-electron chi connectivity index (χ4n) is 4.46. The summed E-state index contributed by atoms with van der Waals surface area (Å²) < 4.78 is 0.829. The third-order valence-electron chi connectivity index (χ3n) is 6.30. The van der Waals surface area contributed by atoms with E-state index in [1.807, 2.05) is 24.3 Å². The van der Waals surface area contributed by atoms with E-state index in [0.29, 0.717) is 11.1 Å². The summed E-state index contributed by atoms with van der Waals surface area (Å²) in [5.74, 6) is -2.23. The number of hydrogen-bond donors (Lipinski definition) is 5. The summed E-state index contributed by atoms with van der Waals surface area (Å²) in [7, 11) is 0. The number of carboxylic acid groups (broad SMARTS) is 1. The molecule has 0 spiro atoms. The van der Waals surface area contributed by atoms with E-state index in [2.05, 4.69) is 15.3 Å². The Hall–Kier alpha value is -5.12. The van der Waals surface area contributed by atoms with Crippen molar-refractivity contribution in [3.63, 3.8) is 0 Å². The number of aliphatic carboxylic acids is 1. The Balaban J connectivity index is 1.62. The van der Waals surface area contributed by atoms with E-state index in [-0.39, 0.29) is 23.1 Å². The first kappa shape index (κ1) is 23.6. The summed E-state index contributed by atoms with van der Waals surface area (Å²) in [5.41, 5.74) is 0.559. The van der Waals surface area contributed by atoms with Crippen LogP contribution in [0.4, 0.5) is 0 Å². The molecule has 1 amide bonds. The molecule has 2 unspecified atom stereocenters. The van der Waals surface area contributed by atoms with Crippen molar-refractivity contribution in [2.24, 2.45) is 0 Å². The summed E-state index contributed by atoms with van der Waals surface area (Å²) >= 11 is 0. The van der Waals surface area contributed by atoms with Gasteiger partial charge < -0.3 is 25.5 Å². The second kappa shape index (κ2) is 9.50. The zero-order valence-electron chi connectivity index (χ0n) is 19.3. The van der Waals surface area contributed by atoms with Crippen molar-refractivity contribution in [1.82, 2.24) is 19.9 Å². The van der Waals surface area contributed by atoms with Gasteiger partial charge in [0.05, 0.1) is 10.9 Å². The van der Waals surface area contributed by atoms with Crippen LogP contribution in [0.25, 0.3) is 21.8 Å². The van der Waals surface area contributed by atoms with E-state index in [1.165, 1.54) is 24.3 Å². The molecule has 0 saturated carbocycles. The number of fused-ring (bicyclic) bond motifs is 2. The highest BCUT2D eigenvalue weighted by Gasteiger charge is 2.31. The van der Waals surface area contributed by atoms with Crippen molar-refractivity contribution in [1.29, 1.82) is 0 Å². The number of carbonyl (C=O) groups excluding carboxylic acids is 1. The second-order valence-electron chi connectivity index (χ2n) is 8.60. The minimum Gasteiger partial charge on any atom is -0.508 e. The lowest BCUT2D eigenvalue weighted by Gasteiger charge is -2.22.